The van der Waals surface area contributed by atoms with Gasteiger partial charge in [-0.15, -0.1) is 0 Å². The van der Waals surface area contributed by atoms with Gasteiger partial charge in [-0.1, -0.05) is 0 Å². The first-order valence-corrected chi connectivity index (χ1v) is 4.95. The number of amides is 1. The number of carbonyl (C=O) groups excluding carboxylic acids is 2. The fraction of sp³-hybridized carbons (Fsp3) is 0.667. The van der Waals surface area contributed by atoms with Crippen molar-refractivity contribution >= 4 is 18.0 Å². The van der Waals surface area contributed by atoms with Gasteiger partial charge in [-0.05, 0) is 6.42 Å². The molecule has 110 valence electrons. The monoisotopic (exact) mass is 287 g/mol. The molecule has 0 fully saturated rings. The number of carboxylic acid groups (broad SMARTS) is 1. The first kappa shape index (κ1) is 17.0. The van der Waals surface area contributed by atoms with E-state index < -0.39 is 36.9 Å². The van der Waals surface area contributed by atoms with E-state index in [1.165, 1.54) is 0 Å². The maximum Gasteiger partial charge on any atom is 0.422 e. The number of hydrogen-bond donors (Lipinski definition) is 2. The van der Waals surface area contributed by atoms with Crippen LogP contribution in [-0.2, 0) is 19.1 Å². The molecule has 1 atom stereocenters. The second-order valence-corrected chi connectivity index (χ2v) is 3.34. The lowest BCUT2D eigenvalue weighted by atomic mass is 10.1. The van der Waals surface area contributed by atoms with Gasteiger partial charge in [0.25, 0.3) is 0 Å². The van der Waals surface area contributed by atoms with Gasteiger partial charge in [-0.2, -0.15) is 13.2 Å². The summed E-state index contributed by atoms with van der Waals surface area (Å²) in [6.07, 6.45) is -6.88. The Morgan fingerprint density at radius 3 is 2.32 bits per heavy atom. The van der Waals surface area contributed by atoms with E-state index in [9.17, 15) is 27.6 Å². The van der Waals surface area contributed by atoms with Crippen molar-refractivity contribution < 1.29 is 42.1 Å². The third-order valence-electron chi connectivity index (χ3n) is 1.82. The van der Waals surface area contributed by atoms with E-state index in [4.69, 9.17) is 5.11 Å². The van der Waals surface area contributed by atoms with E-state index in [1.807, 2.05) is 0 Å². The molecule has 7 nitrogen and oxygen atoms in total. The van der Waals surface area contributed by atoms with Crippen molar-refractivity contribution in [1.29, 1.82) is 0 Å². The van der Waals surface area contributed by atoms with Crippen LogP contribution in [0.4, 0.5) is 18.0 Å². The van der Waals surface area contributed by atoms with Crippen molar-refractivity contribution in [3.63, 3.8) is 0 Å². The molecule has 0 bridgehead atoms. The predicted molar refractivity (Wildman–Crippen MR) is 53.2 cm³/mol. The molecule has 1 amide bonds. The van der Waals surface area contributed by atoms with Crippen LogP contribution in [0.25, 0.3) is 0 Å². The normalized spacial score (nSPS) is 12.4. The van der Waals surface area contributed by atoms with E-state index in [2.05, 4.69) is 9.47 Å². The van der Waals surface area contributed by atoms with Crippen LogP contribution in [-0.4, -0.2) is 49.1 Å². The SMILES string of the molecule is COC(=O)CC[C@@H](NC(=O)OCC(F)(F)F)C(=O)O. The second kappa shape index (κ2) is 7.44. The maximum atomic E-state index is 11.7. The van der Waals surface area contributed by atoms with Crippen molar-refractivity contribution in [3.05, 3.63) is 0 Å². The Balaban J connectivity index is 4.23. The van der Waals surface area contributed by atoms with Crippen LogP contribution in [0, 0.1) is 0 Å². The molecule has 2 N–H and O–H groups in total. The maximum absolute atomic E-state index is 11.7. The number of alkyl halides is 3. The highest BCUT2D eigenvalue weighted by molar-refractivity contribution is 5.80. The van der Waals surface area contributed by atoms with Gasteiger partial charge in [-0.3, -0.25) is 4.79 Å². The summed E-state index contributed by atoms with van der Waals surface area (Å²) in [6.45, 7) is -1.83. The molecule has 0 aromatic heterocycles. The molecule has 0 aliphatic heterocycles. The average Bonchev–Trinajstić information content (AvgIpc) is 2.30. The zero-order chi connectivity index (χ0) is 15.1. The fourth-order valence-electron chi connectivity index (χ4n) is 0.953. The summed E-state index contributed by atoms with van der Waals surface area (Å²) in [4.78, 5) is 32.4. The quantitative estimate of drug-likeness (QED) is 0.696. The number of esters is 1. The molecule has 0 heterocycles. The molecule has 0 spiro atoms. The summed E-state index contributed by atoms with van der Waals surface area (Å²) in [6, 6.07) is -1.54. The van der Waals surface area contributed by atoms with Crippen LogP contribution in [0.5, 0.6) is 0 Å². The van der Waals surface area contributed by atoms with Crippen molar-refractivity contribution in [1.82, 2.24) is 5.32 Å². The summed E-state index contributed by atoms with van der Waals surface area (Å²) in [7, 11) is 1.09. The Bertz CT molecular complexity index is 343. The molecule has 0 aromatic carbocycles. The topological polar surface area (TPSA) is 102 Å². The standard InChI is InChI=1S/C9H12F3NO6/c1-18-6(14)3-2-5(7(15)16)13-8(17)19-4-9(10,11)12/h5H,2-4H2,1H3,(H,13,17)(H,15,16)/t5-/m1/s1. The molecule has 0 saturated carbocycles. The van der Waals surface area contributed by atoms with Crippen molar-refractivity contribution in [3.8, 4) is 0 Å². The molecular weight excluding hydrogens is 275 g/mol. The first-order chi connectivity index (χ1) is 8.65. The third kappa shape index (κ3) is 8.69. The number of aliphatic carboxylic acids is 1. The number of halogens is 3. The van der Waals surface area contributed by atoms with Gasteiger partial charge in [0.1, 0.15) is 6.04 Å². The number of nitrogens with one attached hydrogen (secondary N) is 1. The lowest BCUT2D eigenvalue weighted by Gasteiger charge is -2.14. The highest BCUT2D eigenvalue weighted by atomic mass is 19.4. The molecular formula is C9H12F3NO6. The number of carboxylic acids is 1. The van der Waals surface area contributed by atoms with Gasteiger partial charge < -0.3 is 19.9 Å². The molecule has 0 aliphatic rings. The Labute approximate surface area is 105 Å². The predicted octanol–water partition coefficient (Wildman–Crippen LogP) is 0.681. The van der Waals surface area contributed by atoms with Crippen LogP contribution >= 0.6 is 0 Å². The van der Waals surface area contributed by atoms with E-state index in [0.717, 1.165) is 7.11 Å². The van der Waals surface area contributed by atoms with E-state index in [1.54, 1.807) is 5.32 Å². The zero-order valence-electron chi connectivity index (χ0n) is 9.82. The minimum atomic E-state index is -4.71. The highest BCUT2D eigenvalue weighted by Gasteiger charge is 2.30. The van der Waals surface area contributed by atoms with Crippen molar-refractivity contribution in [2.75, 3.05) is 13.7 Å². The molecule has 0 rings (SSSR count). The van der Waals surface area contributed by atoms with Crippen LogP contribution in [0.2, 0.25) is 0 Å². The molecule has 0 saturated heterocycles. The summed E-state index contributed by atoms with van der Waals surface area (Å²) >= 11 is 0. The van der Waals surface area contributed by atoms with E-state index in [0.29, 0.717) is 0 Å². The van der Waals surface area contributed by atoms with Gasteiger partial charge in [0.15, 0.2) is 6.61 Å². The average molecular weight is 287 g/mol. The highest BCUT2D eigenvalue weighted by Crippen LogP contribution is 2.14. The summed E-state index contributed by atoms with van der Waals surface area (Å²) in [5, 5.41) is 10.4. The van der Waals surface area contributed by atoms with Crippen LogP contribution in [0.15, 0.2) is 0 Å². The van der Waals surface area contributed by atoms with Crippen molar-refractivity contribution in [2.24, 2.45) is 0 Å². The number of rotatable bonds is 6. The summed E-state index contributed by atoms with van der Waals surface area (Å²) in [5.41, 5.74) is 0. The Morgan fingerprint density at radius 2 is 1.89 bits per heavy atom. The first-order valence-electron chi connectivity index (χ1n) is 4.95. The molecule has 0 unspecified atom stereocenters. The Hall–Kier alpha value is -2.00. The zero-order valence-corrected chi connectivity index (χ0v) is 9.82. The smallest absolute Gasteiger partial charge is 0.422 e. The molecule has 0 radical (unpaired) electrons. The molecule has 0 aliphatic carbocycles. The fourth-order valence-corrected chi connectivity index (χ4v) is 0.953. The van der Waals surface area contributed by atoms with Gasteiger partial charge in [-0.25, -0.2) is 9.59 Å². The summed E-state index contributed by atoms with van der Waals surface area (Å²) < 4.78 is 43.2. The molecule has 19 heavy (non-hydrogen) atoms. The number of methoxy groups -OCH3 is 1. The van der Waals surface area contributed by atoms with Gasteiger partial charge in [0.2, 0.25) is 0 Å². The third-order valence-corrected chi connectivity index (χ3v) is 1.82. The van der Waals surface area contributed by atoms with Gasteiger partial charge in [0, 0.05) is 6.42 Å². The minimum absolute atomic E-state index is 0.312. The number of ether oxygens (including phenoxy) is 2. The number of alkyl carbamates (subject to hydrolysis) is 1. The number of hydrogen-bond acceptors (Lipinski definition) is 5. The molecule has 0 aromatic rings. The number of carbonyl (C=O) groups is 3. The van der Waals surface area contributed by atoms with Crippen LogP contribution < -0.4 is 5.32 Å². The largest absolute Gasteiger partial charge is 0.480 e. The minimum Gasteiger partial charge on any atom is -0.480 e. The Morgan fingerprint density at radius 1 is 1.32 bits per heavy atom. The van der Waals surface area contributed by atoms with Gasteiger partial charge >= 0.3 is 24.2 Å². The lowest BCUT2D eigenvalue weighted by molar-refractivity contribution is -0.160. The lowest BCUT2D eigenvalue weighted by Crippen LogP contribution is -2.42. The van der Waals surface area contributed by atoms with E-state index in [-0.39, 0.29) is 12.8 Å². The van der Waals surface area contributed by atoms with Gasteiger partial charge in [0.05, 0.1) is 7.11 Å². The second-order valence-electron chi connectivity index (χ2n) is 3.34. The Kier molecular flexibility index (Phi) is 6.66. The van der Waals surface area contributed by atoms with Crippen molar-refractivity contribution in [2.45, 2.75) is 25.1 Å². The van der Waals surface area contributed by atoms with Crippen LogP contribution in [0.1, 0.15) is 12.8 Å². The summed E-state index contributed by atoms with van der Waals surface area (Å²) in [5.74, 6) is -2.22. The van der Waals surface area contributed by atoms with Crippen LogP contribution in [0.3, 0.4) is 0 Å². The molecule has 10 heteroatoms. The van der Waals surface area contributed by atoms with E-state index >= 15 is 0 Å².